The van der Waals surface area contributed by atoms with Crippen molar-refractivity contribution in [2.24, 2.45) is 4.99 Å². The molecule has 0 bridgehead atoms. The van der Waals surface area contributed by atoms with Gasteiger partial charge in [0.2, 0.25) is 6.08 Å². The van der Waals surface area contributed by atoms with Gasteiger partial charge in [-0.2, -0.15) is 4.99 Å². The van der Waals surface area contributed by atoms with E-state index >= 15 is 0 Å². The second-order valence-corrected chi connectivity index (χ2v) is 3.97. The van der Waals surface area contributed by atoms with Crippen LogP contribution >= 0.6 is 0 Å². The lowest BCUT2D eigenvalue weighted by Crippen LogP contribution is -2.02. The molecule has 0 atom stereocenters. The van der Waals surface area contributed by atoms with Crippen LogP contribution in [0.2, 0.25) is 0 Å². The number of methoxy groups -OCH3 is 1. The van der Waals surface area contributed by atoms with Gasteiger partial charge < -0.3 is 4.74 Å². The Morgan fingerprint density at radius 2 is 1.85 bits per heavy atom. The number of esters is 1. The number of isocyanates is 1. The van der Waals surface area contributed by atoms with E-state index in [1.54, 1.807) is 24.3 Å². The molecule has 2 rings (SSSR count). The number of aliphatic imine (C=N–C) groups is 1. The average Bonchev–Trinajstić information content (AvgIpc) is 2.47. The summed E-state index contributed by atoms with van der Waals surface area (Å²) in [4.78, 5) is 25.0. The number of carbonyl (C=O) groups is 1. The molecular formula is C15H10FNO3. The Labute approximate surface area is 114 Å². The third-order valence-corrected chi connectivity index (χ3v) is 2.69. The van der Waals surface area contributed by atoms with E-state index in [1.165, 1.54) is 25.3 Å². The first-order valence-corrected chi connectivity index (χ1v) is 5.71. The minimum atomic E-state index is -0.604. The first kappa shape index (κ1) is 13.6. The van der Waals surface area contributed by atoms with E-state index in [2.05, 4.69) is 9.73 Å². The van der Waals surface area contributed by atoms with Crippen molar-refractivity contribution in [1.29, 1.82) is 0 Å². The molecule has 5 heteroatoms. The van der Waals surface area contributed by atoms with Crippen LogP contribution in [0.15, 0.2) is 47.5 Å². The fraction of sp³-hybridized carbons (Fsp3) is 0.0667. The van der Waals surface area contributed by atoms with Gasteiger partial charge in [-0.3, -0.25) is 0 Å². The van der Waals surface area contributed by atoms with Gasteiger partial charge in [0, 0.05) is 0 Å². The normalized spacial score (nSPS) is 9.70. The molecule has 0 radical (unpaired) electrons. The van der Waals surface area contributed by atoms with Crippen LogP contribution < -0.4 is 0 Å². The van der Waals surface area contributed by atoms with Crippen LogP contribution in [-0.4, -0.2) is 19.2 Å². The van der Waals surface area contributed by atoms with E-state index in [0.717, 1.165) is 6.07 Å². The average molecular weight is 271 g/mol. The summed E-state index contributed by atoms with van der Waals surface area (Å²) < 4.78 is 18.1. The summed E-state index contributed by atoms with van der Waals surface area (Å²) in [6.07, 6.45) is 1.44. The molecule has 20 heavy (non-hydrogen) atoms. The van der Waals surface area contributed by atoms with E-state index in [9.17, 15) is 14.0 Å². The highest BCUT2D eigenvalue weighted by Crippen LogP contribution is 2.24. The first-order chi connectivity index (χ1) is 9.63. The van der Waals surface area contributed by atoms with E-state index in [-0.39, 0.29) is 5.56 Å². The second-order valence-electron chi connectivity index (χ2n) is 3.97. The summed E-state index contributed by atoms with van der Waals surface area (Å²) >= 11 is 0. The van der Waals surface area contributed by atoms with Crippen LogP contribution in [-0.2, 0) is 9.53 Å². The molecule has 0 spiro atoms. The van der Waals surface area contributed by atoms with Gasteiger partial charge in [-0.15, -0.1) is 0 Å². The fourth-order valence-electron chi connectivity index (χ4n) is 1.77. The van der Waals surface area contributed by atoms with Crippen molar-refractivity contribution in [3.63, 3.8) is 0 Å². The predicted molar refractivity (Wildman–Crippen MR) is 71.0 cm³/mol. The van der Waals surface area contributed by atoms with Gasteiger partial charge in [-0.25, -0.2) is 14.0 Å². The van der Waals surface area contributed by atoms with Crippen molar-refractivity contribution in [3.05, 3.63) is 53.8 Å². The van der Waals surface area contributed by atoms with Gasteiger partial charge in [0.1, 0.15) is 5.82 Å². The second kappa shape index (κ2) is 5.91. The Bertz CT molecular complexity index is 689. The Hall–Kier alpha value is -2.78. The van der Waals surface area contributed by atoms with E-state index in [1.807, 2.05) is 0 Å². The van der Waals surface area contributed by atoms with Gasteiger partial charge in [-0.05, 0) is 41.5 Å². The maximum Gasteiger partial charge on any atom is 0.337 e. The van der Waals surface area contributed by atoms with Gasteiger partial charge in [0.15, 0.2) is 0 Å². The number of hydrogen-bond acceptors (Lipinski definition) is 4. The van der Waals surface area contributed by atoms with Crippen LogP contribution in [0.3, 0.4) is 0 Å². The Morgan fingerprint density at radius 3 is 2.45 bits per heavy atom. The monoisotopic (exact) mass is 271 g/mol. The lowest BCUT2D eigenvalue weighted by Gasteiger charge is -2.05. The lowest BCUT2D eigenvalue weighted by molar-refractivity contribution is 0.0600. The minimum Gasteiger partial charge on any atom is -0.465 e. The molecule has 0 N–H and O–H groups in total. The maximum atomic E-state index is 13.5. The molecule has 0 saturated heterocycles. The number of nitrogens with zero attached hydrogens (tertiary/aromatic N) is 1. The third-order valence-electron chi connectivity index (χ3n) is 2.69. The molecule has 0 amide bonds. The summed E-state index contributed by atoms with van der Waals surface area (Å²) in [7, 11) is 1.24. The molecule has 0 aliphatic heterocycles. The van der Waals surface area contributed by atoms with E-state index < -0.39 is 11.8 Å². The van der Waals surface area contributed by atoms with Crippen molar-refractivity contribution in [1.82, 2.24) is 0 Å². The molecule has 100 valence electrons. The van der Waals surface area contributed by atoms with Gasteiger partial charge in [0.25, 0.3) is 0 Å². The van der Waals surface area contributed by atoms with Gasteiger partial charge >= 0.3 is 5.97 Å². The number of halogens is 1. The van der Waals surface area contributed by atoms with E-state index in [0.29, 0.717) is 16.8 Å². The van der Waals surface area contributed by atoms with Crippen LogP contribution in [0.1, 0.15) is 10.4 Å². The first-order valence-electron chi connectivity index (χ1n) is 5.71. The van der Waals surface area contributed by atoms with Crippen LogP contribution in [0, 0.1) is 5.82 Å². The highest BCUT2D eigenvalue weighted by molar-refractivity contribution is 5.91. The fourth-order valence-corrected chi connectivity index (χ4v) is 1.77. The molecule has 4 nitrogen and oxygen atoms in total. The SMILES string of the molecule is COC(=O)c1cc(F)cc(-c2ccc(N=C=O)cc2)c1. The van der Waals surface area contributed by atoms with Crippen molar-refractivity contribution in [2.75, 3.05) is 7.11 Å². The highest BCUT2D eigenvalue weighted by atomic mass is 19.1. The predicted octanol–water partition coefficient (Wildman–Crippen LogP) is 3.25. The summed E-state index contributed by atoms with van der Waals surface area (Å²) in [5.74, 6) is -1.13. The lowest BCUT2D eigenvalue weighted by atomic mass is 10.0. The largest absolute Gasteiger partial charge is 0.465 e. The van der Waals surface area contributed by atoms with Gasteiger partial charge in [0.05, 0.1) is 18.4 Å². The van der Waals surface area contributed by atoms with Crippen molar-refractivity contribution in [2.45, 2.75) is 0 Å². The Kier molecular flexibility index (Phi) is 4.03. The molecule has 0 aliphatic rings. The zero-order chi connectivity index (χ0) is 14.5. The molecule has 2 aromatic carbocycles. The number of hydrogen-bond donors (Lipinski definition) is 0. The smallest absolute Gasteiger partial charge is 0.337 e. The van der Waals surface area contributed by atoms with Crippen LogP contribution in [0.5, 0.6) is 0 Å². The Morgan fingerprint density at radius 1 is 1.15 bits per heavy atom. The van der Waals surface area contributed by atoms with Crippen molar-refractivity contribution < 1.29 is 18.7 Å². The van der Waals surface area contributed by atoms with Crippen molar-refractivity contribution in [3.8, 4) is 11.1 Å². The van der Waals surface area contributed by atoms with Crippen LogP contribution in [0.25, 0.3) is 11.1 Å². The molecular weight excluding hydrogens is 261 g/mol. The molecule has 0 fully saturated rings. The van der Waals surface area contributed by atoms with Gasteiger partial charge in [-0.1, -0.05) is 12.1 Å². The Balaban J connectivity index is 2.44. The third kappa shape index (κ3) is 2.96. The minimum absolute atomic E-state index is 0.137. The molecule has 0 heterocycles. The number of carbonyl (C=O) groups excluding carboxylic acids is 2. The van der Waals surface area contributed by atoms with E-state index in [4.69, 9.17) is 0 Å². The van der Waals surface area contributed by atoms with Crippen LogP contribution in [0.4, 0.5) is 10.1 Å². The van der Waals surface area contributed by atoms with Crippen molar-refractivity contribution >= 4 is 17.7 Å². The number of ether oxygens (including phenoxy) is 1. The molecule has 0 aliphatic carbocycles. The quantitative estimate of drug-likeness (QED) is 0.489. The molecule has 0 unspecified atom stereocenters. The zero-order valence-electron chi connectivity index (χ0n) is 10.6. The summed E-state index contributed by atoms with van der Waals surface area (Å²) in [5.41, 5.74) is 1.82. The zero-order valence-corrected chi connectivity index (χ0v) is 10.6. The number of rotatable bonds is 3. The summed E-state index contributed by atoms with van der Waals surface area (Å²) in [5, 5.41) is 0. The summed E-state index contributed by atoms with van der Waals surface area (Å²) in [6, 6.07) is 10.5. The molecule has 0 aromatic heterocycles. The highest BCUT2D eigenvalue weighted by Gasteiger charge is 2.10. The molecule has 2 aromatic rings. The molecule has 0 saturated carbocycles. The standard InChI is InChI=1S/C15H10FNO3/c1-20-15(19)12-6-11(7-13(16)8-12)10-2-4-14(5-3-10)17-9-18/h2-8H,1H3. The summed E-state index contributed by atoms with van der Waals surface area (Å²) in [6.45, 7) is 0. The topological polar surface area (TPSA) is 55.7 Å². The number of benzene rings is 2. The maximum absolute atomic E-state index is 13.5.